The number of nitrogens with one attached hydrogen (secondary N) is 2. The third-order valence-electron chi connectivity index (χ3n) is 2.74. The molecule has 0 aromatic carbocycles. The van der Waals surface area contributed by atoms with Crippen LogP contribution in [0.1, 0.15) is 46.5 Å². The van der Waals surface area contributed by atoms with Crippen LogP contribution in [0.2, 0.25) is 0 Å². The van der Waals surface area contributed by atoms with Gasteiger partial charge in [-0.25, -0.2) is 0 Å². The molecule has 0 bridgehead atoms. The maximum Gasteiger partial charge on any atom is 0.00791 e. The van der Waals surface area contributed by atoms with Crippen molar-refractivity contribution in [3.05, 3.63) is 0 Å². The van der Waals surface area contributed by atoms with Crippen molar-refractivity contribution in [2.75, 3.05) is 19.6 Å². The Morgan fingerprint density at radius 3 is 2.64 bits per heavy atom. The first kappa shape index (κ1) is 12.0. The second-order valence-electron chi connectivity index (χ2n) is 5.67. The van der Waals surface area contributed by atoms with Gasteiger partial charge in [0, 0.05) is 6.04 Å². The molecule has 1 atom stereocenters. The van der Waals surface area contributed by atoms with E-state index in [0.717, 1.165) is 19.1 Å². The summed E-state index contributed by atoms with van der Waals surface area (Å²) in [5.41, 5.74) is 0.417. The molecule has 0 radical (unpaired) electrons. The number of piperidine rings is 1. The van der Waals surface area contributed by atoms with E-state index < -0.39 is 0 Å². The summed E-state index contributed by atoms with van der Waals surface area (Å²) in [6.45, 7) is 10.3. The van der Waals surface area contributed by atoms with Crippen LogP contribution in [0.5, 0.6) is 0 Å². The van der Waals surface area contributed by atoms with Crippen LogP contribution in [-0.4, -0.2) is 25.7 Å². The summed E-state index contributed by atoms with van der Waals surface area (Å²) in [4.78, 5) is 0. The van der Waals surface area contributed by atoms with E-state index in [2.05, 4.69) is 31.4 Å². The summed E-state index contributed by atoms with van der Waals surface area (Å²) in [6, 6.07) is 0.774. The Morgan fingerprint density at radius 1 is 1.29 bits per heavy atom. The van der Waals surface area contributed by atoms with Gasteiger partial charge < -0.3 is 10.6 Å². The van der Waals surface area contributed by atoms with E-state index in [1.165, 1.54) is 32.2 Å². The second kappa shape index (κ2) is 5.72. The zero-order valence-electron chi connectivity index (χ0n) is 10.0. The quantitative estimate of drug-likeness (QED) is 0.676. The van der Waals surface area contributed by atoms with Crippen molar-refractivity contribution in [3.63, 3.8) is 0 Å². The van der Waals surface area contributed by atoms with Gasteiger partial charge in [-0.1, -0.05) is 27.2 Å². The van der Waals surface area contributed by atoms with Crippen molar-refractivity contribution in [1.82, 2.24) is 10.6 Å². The molecule has 2 nitrogen and oxygen atoms in total. The summed E-state index contributed by atoms with van der Waals surface area (Å²) in [5, 5.41) is 7.11. The second-order valence-corrected chi connectivity index (χ2v) is 5.67. The minimum atomic E-state index is 0.417. The number of hydrogen-bond donors (Lipinski definition) is 2. The van der Waals surface area contributed by atoms with Crippen molar-refractivity contribution < 1.29 is 0 Å². The minimum Gasteiger partial charge on any atom is -0.316 e. The zero-order valence-corrected chi connectivity index (χ0v) is 10.0. The van der Waals surface area contributed by atoms with Gasteiger partial charge in [0.15, 0.2) is 0 Å². The number of rotatable bonds is 4. The molecule has 1 rings (SSSR count). The minimum absolute atomic E-state index is 0.417. The highest BCUT2D eigenvalue weighted by molar-refractivity contribution is 4.73. The Morgan fingerprint density at radius 2 is 2.07 bits per heavy atom. The van der Waals surface area contributed by atoms with Crippen LogP contribution >= 0.6 is 0 Å². The predicted molar refractivity (Wildman–Crippen MR) is 62.6 cm³/mol. The van der Waals surface area contributed by atoms with Crippen LogP contribution in [0.25, 0.3) is 0 Å². The molecule has 84 valence electrons. The Labute approximate surface area is 88.8 Å². The van der Waals surface area contributed by atoms with Crippen LogP contribution in [0, 0.1) is 5.41 Å². The molecule has 1 unspecified atom stereocenters. The van der Waals surface area contributed by atoms with Crippen molar-refractivity contribution in [1.29, 1.82) is 0 Å². The van der Waals surface area contributed by atoms with Gasteiger partial charge >= 0.3 is 0 Å². The van der Waals surface area contributed by atoms with Crippen LogP contribution in [0.15, 0.2) is 0 Å². The van der Waals surface area contributed by atoms with Gasteiger partial charge in [-0.15, -0.1) is 0 Å². The van der Waals surface area contributed by atoms with Gasteiger partial charge in [-0.3, -0.25) is 0 Å². The average molecular weight is 198 g/mol. The molecule has 1 aliphatic heterocycles. The van der Waals surface area contributed by atoms with E-state index in [4.69, 9.17) is 0 Å². The van der Waals surface area contributed by atoms with Crippen LogP contribution in [0.3, 0.4) is 0 Å². The Balaban J connectivity index is 1.97. The lowest BCUT2D eigenvalue weighted by Crippen LogP contribution is -2.37. The SMILES string of the molecule is CC(C)(C)CNCCC1CCCCN1. The summed E-state index contributed by atoms with van der Waals surface area (Å²) in [6.07, 6.45) is 5.44. The highest BCUT2D eigenvalue weighted by Gasteiger charge is 2.13. The van der Waals surface area contributed by atoms with Gasteiger partial charge in [0.1, 0.15) is 0 Å². The monoisotopic (exact) mass is 198 g/mol. The maximum atomic E-state index is 3.58. The molecule has 2 N–H and O–H groups in total. The van der Waals surface area contributed by atoms with Crippen LogP contribution in [0.4, 0.5) is 0 Å². The lowest BCUT2D eigenvalue weighted by atomic mass is 9.96. The molecule has 0 aromatic rings. The largest absolute Gasteiger partial charge is 0.316 e. The fourth-order valence-electron chi connectivity index (χ4n) is 1.91. The van der Waals surface area contributed by atoms with Crippen molar-refractivity contribution in [3.8, 4) is 0 Å². The van der Waals surface area contributed by atoms with E-state index in [1.807, 2.05) is 0 Å². The van der Waals surface area contributed by atoms with Gasteiger partial charge in [0.2, 0.25) is 0 Å². The molecule has 0 amide bonds. The lowest BCUT2D eigenvalue weighted by Gasteiger charge is -2.24. The van der Waals surface area contributed by atoms with E-state index >= 15 is 0 Å². The first-order valence-electron chi connectivity index (χ1n) is 6.02. The van der Waals surface area contributed by atoms with E-state index in [1.54, 1.807) is 0 Å². The molecule has 1 heterocycles. The van der Waals surface area contributed by atoms with Crippen molar-refractivity contribution >= 4 is 0 Å². The normalized spacial score (nSPS) is 23.8. The smallest absolute Gasteiger partial charge is 0.00791 e. The van der Waals surface area contributed by atoms with E-state index in [-0.39, 0.29) is 0 Å². The Hall–Kier alpha value is -0.0800. The topological polar surface area (TPSA) is 24.1 Å². The van der Waals surface area contributed by atoms with E-state index in [0.29, 0.717) is 5.41 Å². The molecule has 0 spiro atoms. The summed E-state index contributed by atoms with van der Waals surface area (Å²) in [5.74, 6) is 0. The summed E-state index contributed by atoms with van der Waals surface area (Å²) in [7, 11) is 0. The molecular formula is C12H26N2. The molecule has 2 heteroatoms. The highest BCUT2D eigenvalue weighted by atomic mass is 14.9. The number of hydrogen-bond acceptors (Lipinski definition) is 2. The van der Waals surface area contributed by atoms with E-state index in [9.17, 15) is 0 Å². The third kappa shape index (κ3) is 5.61. The first-order valence-corrected chi connectivity index (χ1v) is 6.02. The molecule has 1 saturated heterocycles. The molecule has 14 heavy (non-hydrogen) atoms. The van der Waals surface area contributed by atoms with Gasteiger partial charge in [-0.05, 0) is 44.3 Å². The molecular weight excluding hydrogens is 172 g/mol. The molecule has 0 saturated carbocycles. The van der Waals surface area contributed by atoms with Crippen molar-refractivity contribution in [2.45, 2.75) is 52.5 Å². The molecule has 0 aliphatic carbocycles. The lowest BCUT2D eigenvalue weighted by molar-refractivity contribution is 0.347. The van der Waals surface area contributed by atoms with Crippen LogP contribution < -0.4 is 10.6 Å². The molecule has 1 fully saturated rings. The van der Waals surface area contributed by atoms with Gasteiger partial charge in [0.25, 0.3) is 0 Å². The standard InChI is InChI=1S/C12H26N2/c1-12(2,3)10-13-9-7-11-6-4-5-8-14-11/h11,13-14H,4-10H2,1-3H3. The molecule has 0 aromatic heterocycles. The Bertz CT molecular complexity index is 143. The van der Waals surface area contributed by atoms with Gasteiger partial charge in [-0.2, -0.15) is 0 Å². The van der Waals surface area contributed by atoms with Gasteiger partial charge in [0.05, 0.1) is 0 Å². The fraction of sp³-hybridized carbons (Fsp3) is 1.00. The highest BCUT2D eigenvalue weighted by Crippen LogP contribution is 2.11. The summed E-state index contributed by atoms with van der Waals surface area (Å²) < 4.78 is 0. The zero-order chi connectivity index (χ0) is 10.4. The fourth-order valence-corrected chi connectivity index (χ4v) is 1.91. The Kier molecular flexibility index (Phi) is 4.90. The predicted octanol–water partition coefficient (Wildman–Crippen LogP) is 2.15. The van der Waals surface area contributed by atoms with Crippen molar-refractivity contribution in [2.24, 2.45) is 5.41 Å². The maximum absolute atomic E-state index is 3.58. The summed E-state index contributed by atoms with van der Waals surface area (Å²) >= 11 is 0. The average Bonchev–Trinajstić information content (AvgIpc) is 2.13. The first-order chi connectivity index (χ1) is 6.58. The van der Waals surface area contributed by atoms with Crippen LogP contribution in [-0.2, 0) is 0 Å². The molecule has 1 aliphatic rings. The third-order valence-corrected chi connectivity index (χ3v) is 2.74.